The first-order valence-electron chi connectivity index (χ1n) is 5.04. The van der Waals surface area contributed by atoms with E-state index in [1.54, 1.807) is 0 Å². The van der Waals surface area contributed by atoms with E-state index in [9.17, 15) is 4.79 Å². The van der Waals surface area contributed by atoms with Crippen LogP contribution in [0.15, 0.2) is 9.27 Å². The molecule has 0 amide bonds. The Hall–Kier alpha value is -0.680. The summed E-state index contributed by atoms with van der Waals surface area (Å²) in [6.07, 6.45) is 1.38. The Labute approximate surface area is 97.2 Å². The molecule has 0 saturated heterocycles. The van der Waals surface area contributed by atoms with Crippen LogP contribution in [0.25, 0.3) is 0 Å². The molecular formula is C10H15BrN2O2. The second-order valence-corrected chi connectivity index (χ2v) is 3.87. The van der Waals surface area contributed by atoms with Gasteiger partial charge < -0.3 is 9.72 Å². The number of aryl methyl sites for hydroxylation is 1. The van der Waals surface area contributed by atoms with Gasteiger partial charge in [-0.15, -0.1) is 0 Å². The lowest BCUT2D eigenvalue weighted by Gasteiger charge is -2.04. The lowest BCUT2D eigenvalue weighted by atomic mass is 10.3. The van der Waals surface area contributed by atoms with E-state index in [-0.39, 0.29) is 5.56 Å². The van der Waals surface area contributed by atoms with Gasteiger partial charge in [0.05, 0.1) is 12.3 Å². The van der Waals surface area contributed by atoms with Crippen LogP contribution >= 0.6 is 15.9 Å². The number of nitrogens with one attached hydrogen (secondary N) is 1. The van der Waals surface area contributed by atoms with Crippen molar-refractivity contribution in [3.8, 4) is 0 Å². The van der Waals surface area contributed by atoms with Crippen LogP contribution in [0.4, 0.5) is 0 Å². The summed E-state index contributed by atoms with van der Waals surface area (Å²) < 4.78 is 5.74. The van der Waals surface area contributed by atoms with E-state index in [2.05, 4.69) is 25.9 Å². The molecule has 5 heteroatoms. The number of hydrogen-bond donors (Lipinski definition) is 1. The molecule has 0 aromatic carbocycles. The first-order chi connectivity index (χ1) is 7.19. The Morgan fingerprint density at radius 1 is 1.47 bits per heavy atom. The molecule has 0 saturated carbocycles. The van der Waals surface area contributed by atoms with Crippen LogP contribution in [0.2, 0.25) is 0 Å². The highest BCUT2D eigenvalue weighted by molar-refractivity contribution is 9.10. The second-order valence-electron chi connectivity index (χ2n) is 3.07. The van der Waals surface area contributed by atoms with Crippen LogP contribution in [-0.2, 0) is 17.6 Å². The summed E-state index contributed by atoms with van der Waals surface area (Å²) in [7, 11) is 0. The van der Waals surface area contributed by atoms with E-state index in [0.29, 0.717) is 29.9 Å². The summed E-state index contributed by atoms with van der Waals surface area (Å²) in [5.41, 5.74) is 0.679. The zero-order valence-electron chi connectivity index (χ0n) is 8.97. The maximum atomic E-state index is 11.5. The number of halogens is 1. The SMILES string of the molecule is CCOCCc1nc(CC)c(Br)c(=O)[nH]1. The summed E-state index contributed by atoms with van der Waals surface area (Å²) in [5, 5.41) is 0. The summed E-state index contributed by atoms with van der Waals surface area (Å²) >= 11 is 3.22. The average molecular weight is 275 g/mol. The molecule has 1 aromatic rings. The smallest absolute Gasteiger partial charge is 0.265 e. The van der Waals surface area contributed by atoms with Gasteiger partial charge in [0.2, 0.25) is 0 Å². The van der Waals surface area contributed by atoms with Crippen LogP contribution in [0, 0.1) is 0 Å². The average Bonchev–Trinajstić information content (AvgIpc) is 2.23. The summed E-state index contributed by atoms with van der Waals surface area (Å²) in [6.45, 7) is 5.18. The Morgan fingerprint density at radius 2 is 2.20 bits per heavy atom. The fourth-order valence-electron chi connectivity index (χ4n) is 1.22. The zero-order valence-corrected chi connectivity index (χ0v) is 10.6. The number of aromatic nitrogens is 2. The van der Waals surface area contributed by atoms with Gasteiger partial charge in [0.15, 0.2) is 0 Å². The molecule has 0 fully saturated rings. The zero-order chi connectivity index (χ0) is 11.3. The molecule has 15 heavy (non-hydrogen) atoms. The highest BCUT2D eigenvalue weighted by Crippen LogP contribution is 2.09. The van der Waals surface area contributed by atoms with Gasteiger partial charge in [0.1, 0.15) is 10.3 Å². The minimum absolute atomic E-state index is 0.117. The molecule has 0 unspecified atom stereocenters. The highest BCUT2D eigenvalue weighted by Gasteiger charge is 2.06. The largest absolute Gasteiger partial charge is 0.381 e. The Bertz CT molecular complexity index is 376. The van der Waals surface area contributed by atoms with Crippen molar-refractivity contribution in [3.63, 3.8) is 0 Å². The van der Waals surface area contributed by atoms with Crippen LogP contribution in [-0.4, -0.2) is 23.2 Å². The number of H-pyrrole nitrogens is 1. The maximum Gasteiger partial charge on any atom is 0.265 e. The first kappa shape index (κ1) is 12.4. The van der Waals surface area contributed by atoms with Crippen LogP contribution in [0.3, 0.4) is 0 Å². The summed E-state index contributed by atoms with van der Waals surface area (Å²) in [6, 6.07) is 0. The number of hydrogen-bond acceptors (Lipinski definition) is 3. The Morgan fingerprint density at radius 3 is 2.80 bits per heavy atom. The van der Waals surface area contributed by atoms with Crippen LogP contribution in [0.5, 0.6) is 0 Å². The Kier molecular flexibility index (Phi) is 4.98. The van der Waals surface area contributed by atoms with Crippen molar-refractivity contribution in [2.45, 2.75) is 26.7 Å². The minimum atomic E-state index is -0.117. The molecule has 0 aliphatic heterocycles. The molecule has 1 N–H and O–H groups in total. The monoisotopic (exact) mass is 274 g/mol. The predicted molar refractivity (Wildman–Crippen MR) is 62.1 cm³/mol. The molecule has 0 radical (unpaired) electrons. The van der Waals surface area contributed by atoms with Gasteiger partial charge in [-0.2, -0.15) is 0 Å². The minimum Gasteiger partial charge on any atom is -0.381 e. The van der Waals surface area contributed by atoms with Gasteiger partial charge in [0.25, 0.3) is 5.56 Å². The molecule has 1 rings (SSSR count). The van der Waals surface area contributed by atoms with Crippen LogP contribution in [0.1, 0.15) is 25.4 Å². The Balaban J connectivity index is 2.82. The molecule has 0 atom stereocenters. The number of nitrogens with zero attached hydrogens (tertiary/aromatic N) is 1. The predicted octanol–water partition coefficient (Wildman–Crippen LogP) is 1.67. The normalized spacial score (nSPS) is 10.6. The van der Waals surface area contributed by atoms with Gasteiger partial charge in [-0.1, -0.05) is 6.92 Å². The fraction of sp³-hybridized carbons (Fsp3) is 0.600. The van der Waals surface area contributed by atoms with Crippen molar-refractivity contribution < 1.29 is 4.74 Å². The molecule has 0 bridgehead atoms. The molecule has 1 heterocycles. The standard InChI is InChI=1S/C10H15BrN2O2/c1-3-7-9(11)10(14)13-8(12-7)5-6-15-4-2/h3-6H2,1-2H3,(H,12,13,14). The number of aromatic amines is 1. The van der Waals surface area contributed by atoms with E-state index < -0.39 is 0 Å². The number of rotatable bonds is 5. The fourth-order valence-corrected chi connectivity index (χ4v) is 1.69. The maximum absolute atomic E-state index is 11.5. The van der Waals surface area contributed by atoms with E-state index in [0.717, 1.165) is 12.1 Å². The van der Waals surface area contributed by atoms with Gasteiger partial charge in [-0.05, 0) is 29.3 Å². The van der Waals surface area contributed by atoms with Crippen molar-refractivity contribution >= 4 is 15.9 Å². The van der Waals surface area contributed by atoms with Crippen LogP contribution < -0.4 is 5.56 Å². The highest BCUT2D eigenvalue weighted by atomic mass is 79.9. The van der Waals surface area contributed by atoms with Crippen molar-refractivity contribution in [2.75, 3.05) is 13.2 Å². The first-order valence-corrected chi connectivity index (χ1v) is 5.83. The lowest BCUT2D eigenvalue weighted by molar-refractivity contribution is 0.149. The van der Waals surface area contributed by atoms with E-state index >= 15 is 0 Å². The molecule has 0 spiro atoms. The van der Waals surface area contributed by atoms with Crippen molar-refractivity contribution in [3.05, 3.63) is 26.3 Å². The van der Waals surface area contributed by atoms with E-state index in [1.165, 1.54) is 0 Å². The third kappa shape index (κ3) is 3.43. The van der Waals surface area contributed by atoms with Gasteiger partial charge >= 0.3 is 0 Å². The molecule has 0 aliphatic carbocycles. The van der Waals surface area contributed by atoms with E-state index in [1.807, 2.05) is 13.8 Å². The number of ether oxygens (including phenoxy) is 1. The quantitative estimate of drug-likeness (QED) is 0.832. The lowest BCUT2D eigenvalue weighted by Crippen LogP contribution is -2.16. The van der Waals surface area contributed by atoms with E-state index in [4.69, 9.17) is 4.74 Å². The van der Waals surface area contributed by atoms with Gasteiger partial charge in [0, 0.05) is 13.0 Å². The van der Waals surface area contributed by atoms with Gasteiger partial charge in [-0.3, -0.25) is 4.79 Å². The van der Waals surface area contributed by atoms with Crippen molar-refractivity contribution in [2.24, 2.45) is 0 Å². The molecule has 0 aliphatic rings. The summed E-state index contributed by atoms with van der Waals surface area (Å²) in [5.74, 6) is 0.688. The molecule has 84 valence electrons. The van der Waals surface area contributed by atoms with Gasteiger partial charge in [-0.25, -0.2) is 4.98 Å². The molecule has 4 nitrogen and oxygen atoms in total. The summed E-state index contributed by atoms with van der Waals surface area (Å²) in [4.78, 5) is 18.5. The second kappa shape index (κ2) is 6.02. The molecular weight excluding hydrogens is 260 g/mol. The third-order valence-electron chi connectivity index (χ3n) is 2.00. The third-order valence-corrected chi connectivity index (χ3v) is 2.82. The van der Waals surface area contributed by atoms with Crippen molar-refractivity contribution in [1.82, 2.24) is 9.97 Å². The van der Waals surface area contributed by atoms with Crippen molar-refractivity contribution in [1.29, 1.82) is 0 Å². The topological polar surface area (TPSA) is 55.0 Å². The molecule has 1 aromatic heterocycles.